The molecule has 1 aromatic heterocycles. The summed E-state index contributed by atoms with van der Waals surface area (Å²) in [6.45, 7) is 1.86. The summed E-state index contributed by atoms with van der Waals surface area (Å²) in [5.74, 6) is 0. The lowest BCUT2D eigenvalue weighted by Crippen LogP contribution is -2.23. The van der Waals surface area contributed by atoms with Crippen molar-refractivity contribution in [3.63, 3.8) is 0 Å². The van der Waals surface area contributed by atoms with Crippen LogP contribution in [-0.4, -0.2) is 21.0 Å². The summed E-state index contributed by atoms with van der Waals surface area (Å²) in [4.78, 5) is 2.86. The van der Waals surface area contributed by atoms with E-state index in [-0.39, 0.29) is 12.1 Å². The fraction of sp³-hybridized carbons (Fsp3) is 0.333. The van der Waals surface area contributed by atoms with Gasteiger partial charge in [-0.1, -0.05) is 41.0 Å². The van der Waals surface area contributed by atoms with E-state index in [1.54, 1.807) is 17.1 Å². The number of azide groups is 1. The average molecular weight is 277 g/mol. The van der Waals surface area contributed by atoms with Gasteiger partial charge in [-0.3, -0.25) is 0 Å². The van der Waals surface area contributed by atoms with Gasteiger partial charge in [0.2, 0.25) is 0 Å². The smallest absolute Gasteiger partial charge is 0.0693 e. The van der Waals surface area contributed by atoms with Crippen LogP contribution >= 0.6 is 11.6 Å². The van der Waals surface area contributed by atoms with Gasteiger partial charge in [-0.25, -0.2) is 4.68 Å². The number of nitrogens with zero attached hydrogens (tertiary/aromatic N) is 6. The zero-order valence-corrected chi connectivity index (χ0v) is 11.1. The molecule has 0 saturated carbocycles. The lowest BCUT2D eigenvalue weighted by molar-refractivity contribution is 0.382. The Kier molecular flexibility index (Phi) is 4.39. The fourth-order valence-electron chi connectivity index (χ4n) is 1.90. The lowest BCUT2D eigenvalue weighted by atomic mass is 10.0. The van der Waals surface area contributed by atoms with Gasteiger partial charge in [0.1, 0.15) is 0 Å². The molecule has 2 aromatic rings. The summed E-state index contributed by atoms with van der Waals surface area (Å²) in [5.41, 5.74) is 9.68. The Morgan fingerprint density at radius 3 is 2.74 bits per heavy atom. The summed E-state index contributed by atoms with van der Waals surface area (Å²) in [6, 6.07) is 7.30. The molecule has 2 unspecified atom stereocenters. The maximum Gasteiger partial charge on any atom is 0.0693 e. The quantitative estimate of drug-likeness (QED) is 0.476. The number of halogens is 1. The van der Waals surface area contributed by atoms with Crippen molar-refractivity contribution in [3.8, 4) is 0 Å². The molecule has 0 amide bonds. The zero-order chi connectivity index (χ0) is 13.7. The van der Waals surface area contributed by atoms with Crippen molar-refractivity contribution in [2.24, 2.45) is 5.11 Å². The van der Waals surface area contributed by atoms with Gasteiger partial charge in [0.15, 0.2) is 0 Å². The van der Waals surface area contributed by atoms with E-state index < -0.39 is 0 Å². The lowest BCUT2D eigenvalue weighted by Gasteiger charge is -2.20. The third-order valence-electron chi connectivity index (χ3n) is 2.93. The van der Waals surface area contributed by atoms with Gasteiger partial charge in [-0.05, 0) is 29.6 Å². The van der Waals surface area contributed by atoms with E-state index in [4.69, 9.17) is 17.1 Å². The molecule has 98 valence electrons. The van der Waals surface area contributed by atoms with Crippen molar-refractivity contribution >= 4 is 11.6 Å². The Balaban J connectivity index is 2.23. The number of aromatic nitrogens is 3. The number of benzene rings is 1. The topological polar surface area (TPSA) is 79.5 Å². The van der Waals surface area contributed by atoms with Crippen LogP contribution in [0.5, 0.6) is 0 Å². The van der Waals surface area contributed by atoms with E-state index in [9.17, 15) is 0 Å². The van der Waals surface area contributed by atoms with Gasteiger partial charge < -0.3 is 0 Å². The molecule has 0 aliphatic heterocycles. The van der Waals surface area contributed by atoms with Gasteiger partial charge in [0.25, 0.3) is 0 Å². The summed E-state index contributed by atoms with van der Waals surface area (Å²) in [7, 11) is 0. The van der Waals surface area contributed by atoms with Gasteiger partial charge in [0.05, 0.1) is 18.3 Å². The molecule has 0 bridgehead atoms. The first-order chi connectivity index (χ1) is 9.20. The molecule has 0 spiro atoms. The van der Waals surface area contributed by atoms with Crippen molar-refractivity contribution in [3.05, 3.63) is 57.7 Å². The molecule has 0 fully saturated rings. The molecule has 1 heterocycles. The van der Waals surface area contributed by atoms with Crippen LogP contribution in [0.2, 0.25) is 5.02 Å². The predicted octanol–water partition coefficient (Wildman–Crippen LogP) is 3.41. The van der Waals surface area contributed by atoms with Crippen molar-refractivity contribution in [2.45, 2.75) is 25.4 Å². The van der Waals surface area contributed by atoms with Crippen LogP contribution in [0.15, 0.2) is 41.8 Å². The fourth-order valence-corrected chi connectivity index (χ4v) is 2.03. The average Bonchev–Trinajstić information content (AvgIpc) is 2.92. The van der Waals surface area contributed by atoms with Crippen molar-refractivity contribution in [2.75, 3.05) is 0 Å². The Bertz CT molecular complexity index is 558. The highest BCUT2D eigenvalue weighted by Gasteiger charge is 2.19. The first-order valence-electron chi connectivity index (χ1n) is 5.85. The normalized spacial score (nSPS) is 13.6. The molecule has 7 heteroatoms. The van der Waals surface area contributed by atoms with E-state index >= 15 is 0 Å². The van der Waals surface area contributed by atoms with Crippen LogP contribution in [0.1, 0.15) is 18.5 Å². The summed E-state index contributed by atoms with van der Waals surface area (Å²) in [5, 5.41) is 12.2. The van der Waals surface area contributed by atoms with Crippen LogP contribution < -0.4 is 0 Å². The molecule has 0 saturated heterocycles. The van der Waals surface area contributed by atoms with Crippen LogP contribution in [0, 0.1) is 0 Å². The highest BCUT2D eigenvalue weighted by molar-refractivity contribution is 6.30. The molecule has 0 aliphatic carbocycles. The molecule has 6 nitrogen and oxygen atoms in total. The summed E-state index contributed by atoms with van der Waals surface area (Å²) < 4.78 is 1.72. The minimum Gasteiger partial charge on any atom is -0.249 e. The van der Waals surface area contributed by atoms with Crippen LogP contribution in [0.3, 0.4) is 0 Å². The third kappa shape index (κ3) is 3.47. The van der Waals surface area contributed by atoms with Gasteiger partial charge in [-0.2, -0.15) is 0 Å². The number of hydrogen-bond donors (Lipinski definition) is 0. The Hall–Kier alpha value is -2.04. The van der Waals surface area contributed by atoms with Crippen molar-refractivity contribution < 1.29 is 0 Å². The first-order valence-corrected chi connectivity index (χ1v) is 6.23. The molecule has 1 aromatic carbocycles. The monoisotopic (exact) mass is 276 g/mol. The SMILES string of the molecule is CC(N=[N+]=[N-])C(Cc1ccc(Cl)cc1)n1ccnn1. The van der Waals surface area contributed by atoms with E-state index in [0.29, 0.717) is 11.4 Å². The second kappa shape index (κ2) is 6.22. The summed E-state index contributed by atoms with van der Waals surface area (Å²) >= 11 is 5.87. The highest BCUT2D eigenvalue weighted by Crippen LogP contribution is 2.21. The van der Waals surface area contributed by atoms with E-state index in [1.807, 2.05) is 31.2 Å². The van der Waals surface area contributed by atoms with Crippen LogP contribution in [-0.2, 0) is 6.42 Å². The highest BCUT2D eigenvalue weighted by atomic mass is 35.5. The minimum atomic E-state index is -0.220. The largest absolute Gasteiger partial charge is 0.249 e. The number of rotatable bonds is 5. The Morgan fingerprint density at radius 2 is 2.16 bits per heavy atom. The third-order valence-corrected chi connectivity index (χ3v) is 3.18. The second-order valence-corrected chi connectivity index (χ2v) is 4.66. The van der Waals surface area contributed by atoms with E-state index in [0.717, 1.165) is 5.56 Å². The van der Waals surface area contributed by atoms with Crippen LogP contribution in [0.25, 0.3) is 10.4 Å². The molecular formula is C12H13ClN6. The minimum absolute atomic E-state index is 0.0698. The van der Waals surface area contributed by atoms with Gasteiger partial charge in [0, 0.05) is 16.1 Å². The Labute approximate surface area is 115 Å². The second-order valence-electron chi connectivity index (χ2n) is 4.23. The maximum atomic E-state index is 8.58. The maximum absolute atomic E-state index is 8.58. The van der Waals surface area contributed by atoms with Crippen molar-refractivity contribution in [1.29, 1.82) is 0 Å². The molecule has 19 heavy (non-hydrogen) atoms. The molecular weight excluding hydrogens is 264 g/mol. The van der Waals surface area contributed by atoms with Crippen LogP contribution in [0.4, 0.5) is 0 Å². The van der Waals surface area contributed by atoms with Crippen molar-refractivity contribution in [1.82, 2.24) is 15.0 Å². The molecule has 2 rings (SSSR count). The molecule has 0 radical (unpaired) electrons. The molecule has 0 aliphatic rings. The van der Waals surface area contributed by atoms with Gasteiger partial charge in [-0.15, -0.1) is 5.10 Å². The standard InChI is InChI=1S/C12H13ClN6/c1-9(16-17-14)12(19-7-6-15-18-19)8-10-2-4-11(13)5-3-10/h2-7,9,12H,8H2,1H3. The Morgan fingerprint density at radius 1 is 1.42 bits per heavy atom. The zero-order valence-electron chi connectivity index (χ0n) is 10.4. The first kappa shape index (κ1) is 13.4. The van der Waals surface area contributed by atoms with E-state index in [2.05, 4.69) is 20.3 Å². The van der Waals surface area contributed by atoms with E-state index in [1.165, 1.54) is 0 Å². The predicted molar refractivity (Wildman–Crippen MR) is 72.8 cm³/mol. The van der Waals surface area contributed by atoms with Gasteiger partial charge >= 0.3 is 0 Å². The molecule has 0 N–H and O–H groups in total. The summed E-state index contributed by atoms with van der Waals surface area (Å²) in [6.07, 6.45) is 4.07. The number of hydrogen-bond acceptors (Lipinski definition) is 3. The molecule has 2 atom stereocenters.